The molecule has 0 aliphatic carbocycles. The topological polar surface area (TPSA) is 62.6 Å². The van der Waals surface area contributed by atoms with Crippen LogP contribution < -0.4 is 9.47 Å². The van der Waals surface area contributed by atoms with Gasteiger partial charge >= 0.3 is 0 Å². The Bertz CT molecular complexity index is 571. The molecular formula is C16H18N2O3. The van der Waals surface area contributed by atoms with Crippen LogP contribution in [0.15, 0.2) is 18.2 Å². The smallest absolute Gasteiger partial charge is 0.231 e. The Kier molecular flexibility index (Phi) is 3.96. The Labute approximate surface area is 124 Å². The molecule has 110 valence electrons. The summed E-state index contributed by atoms with van der Waals surface area (Å²) in [6.45, 7) is 1.68. The molecule has 0 spiro atoms. The van der Waals surface area contributed by atoms with Crippen LogP contribution in [0.4, 0.5) is 0 Å². The van der Waals surface area contributed by atoms with Gasteiger partial charge in [0.25, 0.3) is 0 Å². The van der Waals surface area contributed by atoms with Gasteiger partial charge in [-0.3, -0.25) is 4.79 Å². The second-order valence-electron chi connectivity index (χ2n) is 5.47. The summed E-state index contributed by atoms with van der Waals surface area (Å²) >= 11 is 0. The number of carbonyl (C=O) groups is 1. The minimum Gasteiger partial charge on any atom is -0.454 e. The van der Waals surface area contributed by atoms with Gasteiger partial charge in [-0.2, -0.15) is 5.26 Å². The summed E-state index contributed by atoms with van der Waals surface area (Å²) in [7, 11) is 0. The molecule has 2 aliphatic rings. The van der Waals surface area contributed by atoms with E-state index in [1.165, 1.54) is 0 Å². The van der Waals surface area contributed by atoms with E-state index in [0.717, 1.165) is 29.9 Å². The van der Waals surface area contributed by atoms with Crippen molar-refractivity contribution >= 4 is 5.91 Å². The maximum absolute atomic E-state index is 12.2. The molecule has 1 fully saturated rings. The van der Waals surface area contributed by atoms with Gasteiger partial charge in [0, 0.05) is 25.4 Å². The quantitative estimate of drug-likeness (QED) is 0.853. The lowest BCUT2D eigenvalue weighted by Crippen LogP contribution is -2.38. The van der Waals surface area contributed by atoms with E-state index in [2.05, 4.69) is 6.07 Å². The second-order valence-corrected chi connectivity index (χ2v) is 5.47. The Morgan fingerprint density at radius 1 is 1.29 bits per heavy atom. The minimum atomic E-state index is 0.114. The third-order valence-corrected chi connectivity index (χ3v) is 4.09. The number of fused-ring (bicyclic) bond motifs is 1. The highest BCUT2D eigenvalue weighted by Crippen LogP contribution is 2.32. The summed E-state index contributed by atoms with van der Waals surface area (Å²) in [5, 5.41) is 8.87. The fourth-order valence-corrected chi connectivity index (χ4v) is 2.76. The van der Waals surface area contributed by atoms with Gasteiger partial charge in [-0.25, -0.2) is 0 Å². The second kappa shape index (κ2) is 6.04. The molecule has 1 saturated heterocycles. The van der Waals surface area contributed by atoms with Gasteiger partial charge in [0.15, 0.2) is 11.5 Å². The highest BCUT2D eigenvalue weighted by Gasteiger charge is 2.22. The molecule has 0 radical (unpaired) electrons. The zero-order valence-corrected chi connectivity index (χ0v) is 11.9. The average molecular weight is 286 g/mol. The number of amides is 1. The van der Waals surface area contributed by atoms with Crippen molar-refractivity contribution in [1.82, 2.24) is 4.90 Å². The molecule has 2 aliphatic heterocycles. The lowest BCUT2D eigenvalue weighted by molar-refractivity contribution is -0.132. The Balaban J connectivity index is 1.51. The summed E-state index contributed by atoms with van der Waals surface area (Å²) in [6, 6.07) is 8.09. The molecule has 1 aromatic rings. The molecule has 0 N–H and O–H groups in total. The van der Waals surface area contributed by atoms with Crippen LogP contribution >= 0.6 is 0 Å². The van der Waals surface area contributed by atoms with Crippen LogP contribution in [0.5, 0.6) is 11.5 Å². The van der Waals surface area contributed by atoms with Crippen LogP contribution in [0.3, 0.4) is 0 Å². The van der Waals surface area contributed by atoms with Gasteiger partial charge in [-0.05, 0) is 37.0 Å². The molecular weight excluding hydrogens is 268 g/mol. The maximum atomic E-state index is 12.2. The van der Waals surface area contributed by atoms with Crippen LogP contribution in [0.1, 0.15) is 24.8 Å². The normalized spacial score (nSPS) is 17.6. The van der Waals surface area contributed by atoms with Gasteiger partial charge in [-0.15, -0.1) is 0 Å². The van der Waals surface area contributed by atoms with E-state index in [1.807, 2.05) is 23.1 Å². The first kappa shape index (κ1) is 13.7. The van der Waals surface area contributed by atoms with Gasteiger partial charge in [0.2, 0.25) is 12.7 Å². The monoisotopic (exact) mass is 286 g/mol. The predicted molar refractivity (Wildman–Crippen MR) is 75.8 cm³/mol. The van der Waals surface area contributed by atoms with Crippen molar-refractivity contribution in [2.75, 3.05) is 19.9 Å². The van der Waals surface area contributed by atoms with Crippen molar-refractivity contribution in [1.29, 1.82) is 5.26 Å². The molecule has 5 heteroatoms. The maximum Gasteiger partial charge on any atom is 0.231 e. The summed E-state index contributed by atoms with van der Waals surface area (Å²) < 4.78 is 10.6. The van der Waals surface area contributed by atoms with Crippen molar-refractivity contribution in [2.24, 2.45) is 5.92 Å². The molecule has 0 unspecified atom stereocenters. The number of carbonyl (C=O) groups excluding carboxylic acids is 1. The van der Waals surface area contributed by atoms with Crippen molar-refractivity contribution < 1.29 is 14.3 Å². The number of ether oxygens (including phenoxy) is 2. The number of rotatable bonds is 3. The number of piperidine rings is 1. The highest BCUT2D eigenvalue weighted by atomic mass is 16.7. The van der Waals surface area contributed by atoms with Crippen molar-refractivity contribution in [2.45, 2.75) is 25.7 Å². The SMILES string of the molecule is N#CC1CCN(C(=O)CCc2ccc3c(c2)OCO3)CC1. The predicted octanol–water partition coefficient (Wildman–Crippen LogP) is 2.11. The van der Waals surface area contributed by atoms with E-state index in [-0.39, 0.29) is 18.6 Å². The highest BCUT2D eigenvalue weighted by molar-refractivity contribution is 5.76. The van der Waals surface area contributed by atoms with Crippen molar-refractivity contribution in [3.05, 3.63) is 23.8 Å². The van der Waals surface area contributed by atoms with Crippen LogP contribution in [0.25, 0.3) is 0 Å². The Morgan fingerprint density at radius 2 is 2.05 bits per heavy atom. The molecule has 0 aromatic heterocycles. The average Bonchev–Trinajstić information content (AvgIpc) is 3.00. The number of likely N-dealkylation sites (tertiary alicyclic amines) is 1. The molecule has 0 saturated carbocycles. The first-order valence-corrected chi connectivity index (χ1v) is 7.32. The van der Waals surface area contributed by atoms with E-state index in [0.29, 0.717) is 25.9 Å². The lowest BCUT2D eigenvalue weighted by Gasteiger charge is -2.29. The number of benzene rings is 1. The van der Waals surface area contributed by atoms with E-state index >= 15 is 0 Å². The molecule has 5 nitrogen and oxygen atoms in total. The zero-order chi connectivity index (χ0) is 14.7. The number of aryl methyl sites for hydroxylation is 1. The summed E-state index contributed by atoms with van der Waals surface area (Å²) in [5.74, 6) is 1.81. The van der Waals surface area contributed by atoms with Gasteiger partial charge in [0.05, 0.1) is 6.07 Å². The van der Waals surface area contributed by atoms with Crippen LogP contribution in [0.2, 0.25) is 0 Å². The molecule has 0 atom stereocenters. The first-order valence-electron chi connectivity index (χ1n) is 7.32. The summed E-state index contributed by atoms with van der Waals surface area (Å²) in [6.07, 6.45) is 2.79. The largest absolute Gasteiger partial charge is 0.454 e. The fraction of sp³-hybridized carbons (Fsp3) is 0.500. The van der Waals surface area contributed by atoms with E-state index in [1.54, 1.807) is 0 Å². The van der Waals surface area contributed by atoms with Crippen molar-refractivity contribution in [3.8, 4) is 17.6 Å². The van der Waals surface area contributed by atoms with Gasteiger partial charge in [0.1, 0.15) is 0 Å². The van der Waals surface area contributed by atoms with E-state index in [4.69, 9.17) is 14.7 Å². The Hall–Kier alpha value is -2.22. The molecule has 21 heavy (non-hydrogen) atoms. The van der Waals surface area contributed by atoms with Gasteiger partial charge in [-0.1, -0.05) is 6.07 Å². The van der Waals surface area contributed by atoms with E-state index in [9.17, 15) is 4.79 Å². The molecule has 1 aromatic carbocycles. The minimum absolute atomic E-state index is 0.114. The third kappa shape index (κ3) is 3.10. The van der Waals surface area contributed by atoms with Crippen molar-refractivity contribution in [3.63, 3.8) is 0 Å². The fourth-order valence-electron chi connectivity index (χ4n) is 2.76. The molecule has 0 bridgehead atoms. The molecule has 2 heterocycles. The number of hydrogen-bond acceptors (Lipinski definition) is 4. The summed E-state index contributed by atoms with van der Waals surface area (Å²) in [5.41, 5.74) is 1.08. The Morgan fingerprint density at radius 3 is 2.81 bits per heavy atom. The summed E-state index contributed by atoms with van der Waals surface area (Å²) in [4.78, 5) is 14.1. The van der Waals surface area contributed by atoms with Crippen LogP contribution in [-0.4, -0.2) is 30.7 Å². The zero-order valence-electron chi connectivity index (χ0n) is 11.9. The van der Waals surface area contributed by atoms with Crippen LogP contribution in [-0.2, 0) is 11.2 Å². The van der Waals surface area contributed by atoms with Gasteiger partial charge < -0.3 is 14.4 Å². The molecule has 1 amide bonds. The van der Waals surface area contributed by atoms with Crippen LogP contribution in [0, 0.1) is 17.2 Å². The number of nitrogens with zero attached hydrogens (tertiary/aromatic N) is 2. The number of nitriles is 1. The third-order valence-electron chi connectivity index (χ3n) is 4.09. The number of hydrogen-bond donors (Lipinski definition) is 0. The van der Waals surface area contributed by atoms with E-state index < -0.39 is 0 Å². The first-order chi connectivity index (χ1) is 10.3. The standard InChI is InChI=1S/C16H18N2O3/c17-10-13-5-7-18(8-6-13)16(19)4-2-12-1-3-14-15(9-12)21-11-20-14/h1,3,9,13H,2,4-8,11H2. The lowest BCUT2D eigenvalue weighted by atomic mass is 9.98. The molecule has 3 rings (SSSR count).